The summed E-state index contributed by atoms with van der Waals surface area (Å²) < 4.78 is 0. The van der Waals surface area contributed by atoms with Gasteiger partial charge < -0.3 is 5.32 Å². The Morgan fingerprint density at radius 2 is 2.00 bits per heavy atom. The van der Waals surface area contributed by atoms with Crippen molar-refractivity contribution in [3.8, 4) is 0 Å². The van der Waals surface area contributed by atoms with E-state index in [0.29, 0.717) is 5.92 Å². The molecule has 0 bridgehead atoms. The topological polar surface area (TPSA) is 42.0 Å². The van der Waals surface area contributed by atoms with Gasteiger partial charge in [0.05, 0.1) is 16.7 Å². The molecule has 1 aromatic heterocycles. The van der Waals surface area contributed by atoms with Crippen molar-refractivity contribution in [3.63, 3.8) is 0 Å². The molecule has 3 nitrogen and oxygen atoms in total. The predicted molar refractivity (Wildman–Crippen MR) is 88.5 cm³/mol. The number of carbonyl (C=O) groups excluding carboxylic acids is 1. The summed E-state index contributed by atoms with van der Waals surface area (Å²) in [5, 5.41) is 5.08. The Kier molecular flexibility index (Phi) is 3.46. The second-order valence-electron chi connectivity index (χ2n) is 6.23. The zero-order valence-electron chi connectivity index (χ0n) is 12.1. The molecule has 2 aromatic rings. The van der Waals surface area contributed by atoms with Gasteiger partial charge in [0.25, 0.3) is 5.91 Å². The molecule has 2 aliphatic carbocycles. The quantitative estimate of drug-likeness (QED) is 0.896. The van der Waals surface area contributed by atoms with Crippen molar-refractivity contribution >= 4 is 28.8 Å². The number of thiazole rings is 1. The van der Waals surface area contributed by atoms with Crippen molar-refractivity contribution in [3.05, 3.63) is 50.9 Å². The molecule has 5 heteroatoms. The molecule has 0 saturated heterocycles. The van der Waals surface area contributed by atoms with E-state index >= 15 is 0 Å². The average Bonchev–Trinajstić information content (AvgIpc) is 3.21. The first-order valence-electron chi connectivity index (χ1n) is 7.71. The molecule has 0 radical (unpaired) electrons. The first kappa shape index (κ1) is 14.2. The van der Waals surface area contributed by atoms with Crippen LogP contribution in [0.3, 0.4) is 0 Å². The highest BCUT2D eigenvalue weighted by molar-refractivity contribution is 7.13. The Morgan fingerprint density at radius 3 is 2.59 bits per heavy atom. The van der Waals surface area contributed by atoms with Crippen molar-refractivity contribution in [2.75, 3.05) is 0 Å². The van der Waals surface area contributed by atoms with E-state index in [1.54, 1.807) is 17.5 Å². The summed E-state index contributed by atoms with van der Waals surface area (Å²) in [6.07, 6.45) is 7.25. The Bertz CT molecular complexity index is 702. The molecule has 0 atom stereocenters. The van der Waals surface area contributed by atoms with Gasteiger partial charge in [-0.3, -0.25) is 4.79 Å². The van der Waals surface area contributed by atoms with E-state index in [9.17, 15) is 4.79 Å². The molecule has 2 aliphatic rings. The first-order chi connectivity index (χ1) is 10.7. The lowest BCUT2D eigenvalue weighted by Gasteiger charge is -2.43. The SMILES string of the molecule is O=C(NC1(c2ccc(Cl)cc2)CCC1)c1cnc(C2CC2)s1. The van der Waals surface area contributed by atoms with E-state index in [1.807, 2.05) is 24.3 Å². The van der Waals surface area contributed by atoms with Crippen LogP contribution in [0.1, 0.15) is 58.3 Å². The van der Waals surface area contributed by atoms with E-state index in [2.05, 4.69) is 10.3 Å². The fourth-order valence-electron chi connectivity index (χ4n) is 2.98. The predicted octanol–water partition coefficient (Wildman–Crippen LogP) is 4.48. The summed E-state index contributed by atoms with van der Waals surface area (Å²) in [5.41, 5.74) is 0.911. The van der Waals surface area contributed by atoms with E-state index < -0.39 is 0 Å². The van der Waals surface area contributed by atoms with Gasteiger partial charge in [-0.05, 0) is 49.8 Å². The smallest absolute Gasteiger partial charge is 0.263 e. The lowest BCUT2D eigenvalue weighted by Crippen LogP contribution is -2.50. The van der Waals surface area contributed by atoms with Gasteiger partial charge in [0.15, 0.2) is 0 Å². The Labute approximate surface area is 138 Å². The van der Waals surface area contributed by atoms with Crippen molar-refractivity contribution in [1.82, 2.24) is 10.3 Å². The minimum Gasteiger partial charge on any atom is -0.342 e. The Morgan fingerprint density at radius 1 is 1.27 bits per heavy atom. The van der Waals surface area contributed by atoms with Crippen LogP contribution < -0.4 is 5.32 Å². The third-order valence-corrected chi connectivity index (χ3v) is 6.04. The van der Waals surface area contributed by atoms with Gasteiger partial charge in [0, 0.05) is 10.9 Å². The number of nitrogens with one attached hydrogen (secondary N) is 1. The van der Waals surface area contributed by atoms with Crippen molar-refractivity contribution < 1.29 is 4.79 Å². The maximum Gasteiger partial charge on any atom is 0.263 e. The second kappa shape index (κ2) is 5.36. The fourth-order valence-corrected chi connectivity index (χ4v) is 4.08. The summed E-state index contributed by atoms with van der Waals surface area (Å²) in [6, 6.07) is 7.82. The standard InChI is InChI=1S/C17H17ClN2OS/c18-13-6-4-12(5-7-13)17(8-1-9-17)20-15(21)14-10-19-16(22-14)11-2-3-11/h4-7,10-11H,1-3,8-9H2,(H,20,21). The molecule has 0 aliphatic heterocycles. The molecule has 1 aromatic carbocycles. The maximum atomic E-state index is 12.6. The van der Waals surface area contributed by atoms with Gasteiger partial charge in [-0.25, -0.2) is 4.98 Å². The van der Waals surface area contributed by atoms with E-state index in [0.717, 1.165) is 39.7 Å². The van der Waals surface area contributed by atoms with Crippen molar-refractivity contribution in [2.45, 2.75) is 43.6 Å². The monoisotopic (exact) mass is 332 g/mol. The second-order valence-corrected chi connectivity index (χ2v) is 7.73. The van der Waals surface area contributed by atoms with Crippen LogP contribution in [-0.4, -0.2) is 10.9 Å². The number of rotatable bonds is 4. The number of halogens is 1. The van der Waals surface area contributed by atoms with Gasteiger partial charge in [-0.1, -0.05) is 23.7 Å². The lowest BCUT2D eigenvalue weighted by molar-refractivity contribution is 0.0827. The van der Waals surface area contributed by atoms with Crippen LogP contribution in [0.2, 0.25) is 5.02 Å². The largest absolute Gasteiger partial charge is 0.342 e. The number of hydrogen-bond donors (Lipinski definition) is 1. The molecule has 0 spiro atoms. The van der Waals surface area contributed by atoms with Gasteiger partial charge in [0.2, 0.25) is 0 Å². The van der Waals surface area contributed by atoms with Crippen LogP contribution in [-0.2, 0) is 5.54 Å². The highest BCUT2D eigenvalue weighted by Crippen LogP contribution is 2.43. The highest BCUT2D eigenvalue weighted by Gasteiger charge is 2.40. The van der Waals surface area contributed by atoms with Gasteiger partial charge in [0.1, 0.15) is 4.88 Å². The van der Waals surface area contributed by atoms with Crippen LogP contribution >= 0.6 is 22.9 Å². The summed E-state index contributed by atoms with van der Waals surface area (Å²) in [7, 11) is 0. The van der Waals surface area contributed by atoms with Crippen LogP contribution in [0.4, 0.5) is 0 Å². The molecular formula is C17H17ClN2OS. The molecule has 2 saturated carbocycles. The zero-order valence-corrected chi connectivity index (χ0v) is 13.7. The van der Waals surface area contributed by atoms with Crippen LogP contribution in [0.5, 0.6) is 0 Å². The maximum absolute atomic E-state index is 12.6. The first-order valence-corrected chi connectivity index (χ1v) is 8.90. The zero-order chi connectivity index (χ0) is 15.2. The lowest BCUT2D eigenvalue weighted by atomic mass is 9.72. The third kappa shape index (κ3) is 2.55. The number of carbonyl (C=O) groups is 1. The summed E-state index contributed by atoms with van der Waals surface area (Å²) in [6.45, 7) is 0. The summed E-state index contributed by atoms with van der Waals surface area (Å²) in [5.74, 6) is 0.597. The van der Waals surface area contributed by atoms with Gasteiger partial charge in [-0.2, -0.15) is 0 Å². The number of amides is 1. The van der Waals surface area contributed by atoms with Crippen LogP contribution in [0, 0.1) is 0 Å². The van der Waals surface area contributed by atoms with Gasteiger partial charge >= 0.3 is 0 Å². The summed E-state index contributed by atoms with van der Waals surface area (Å²) in [4.78, 5) is 17.7. The molecule has 2 fully saturated rings. The molecule has 1 heterocycles. The third-order valence-electron chi connectivity index (χ3n) is 4.63. The highest BCUT2D eigenvalue weighted by atomic mass is 35.5. The van der Waals surface area contributed by atoms with E-state index in [4.69, 9.17) is 11.6 Å². The number of hydrogen-bond acceptors (Lipinski definition) is 3. The van der Waals surface area contributed by atoms with E-state index in [-0.39, 0.29) is 11.4 Å². The minimum absolute atomic E-state index is 0.000880. The van der Waals surface area contributed by atoms with E-state index in [1.165, 1.54) is 12.8 Å². The molecule has 0 unspecified atom stereocenters. The van der Waals surface area contributed by atoms with Crippen molar-refractivity contribution in [1.29, 1.82) is 0 Å². The van der Waals surface area contributed by atoms with Crippen molar-refractivity contribution in [2.24, 2.45) is 0 Å². The molecule has 114 valence electrons. The average molecular weight is 333 g/mol. The number of nitrogens with zero attached hydrogens (tertiary/aromatic N) is 1. The van der Waals surface area contributed by atoms with Crippen LogP contribution in [0.25, 0.3) is 0 Å². The number of benzene rings is 1. The van der Waals surface area contributed by atoms with Crippen LogP contribution in [0.15, 0.2) is 30.5 Å². The minimum atomic E-state index is -0.231. The number of aromatic nitrogens is 1. The molecule has 22 heavy (non-hydrogen) atoms. The molecule has 4 rings (SSSR count). The van der Waals surface area contributed by atoms with Gasteiger partial charge in [-0.15, -0.1) is 11.3 Å². The Hall–Kier alpha value is -1.39. The Balaban J connectivity index is 1.54. The molecule has 1 amide bonds. The fraction of sp³-hybridized carbons (Fsp3) is 0.412. The summed E-state index contributed by atoms with van der Waals surface area (Å²) >= 11 is 7.51. The molecular weight excluding hydrogens is 316 g/mol. The molecule has 1 N–H and O–H groups in total. The normalized spacial score (nSPS) is 19.5.